The SMILES string of the molecule is COc1cccc2c1C(=O)c1c(O)c3c(c(O)c1C2=O)C[C@@](O)(C(C)=O)C[C@@H]3O[C@@H]1C[C@@H](N)[C@@H](O)[C@@H](C)O1. The fraction of sp³-hybridized carbons (Fsp3) is 0.444. The topological polar surface area (TPSA) is 186 Å². The number of phenolic OH excluding ortho intramolecular Hbond substituents is 2. The first-order valence-electron chi connectivity index (χ1n) is 12.2. The van der Waals surface area contributed by atoms with Crippen molar-refractivity contribution in [3.63, 3.8) is 0 Å². The van der Waals surface area contributed by atoms with Crippen LogP contribution in [-0.4, -0.2) is 75.0 Å². The molecule has 2 aliphatic carbocycles. The molecule has 0 bridgehead atoms. The van der Waals surface area contributed by atoms with Crippen molar-refractivity contribution in [2.75, 3.05) is 7.11 Å². The molecule has 2 aromatic rings. The monoisotopic (exact) mass is 527 g/mol. The van der Waals surface area contributed by atoms with Crippen molar-refractivity contribution in [3.05, 3.63) is 51.6 Å². The number of hydrogen-bond donors (Lipinski definition) is 5. The quantitative estimate of drug-likeness (QED) is 0.305. The molecule has 2 aromatic carbocycles. The maximum Gasteiger partial charge on any atom is 0.202 e. The van der Waals surface area contributed by atoms with Crippen LogP contribution in [0.1, 0.15) is 75.8 Å². The van der Waals surface area contributed by atoms with Crippen LogP contribution in [-0.2, 0) is 20.7 Å². The van der Waals surface area contributed by atoms with Gasteiger partial charge >= 0.3 is 0 Å². The zero-order chi connectivity index (χ0) is 27.7. The maximum absolute atomic E-state index is 13.6. The first kappa shape index (κ1) is 26.3. The normalized spacial score (nSPS) is 30.3. The van der Waals surface area contributed by atoms with Gasteiger partial charge in [0.1, 0.15) is 22.8 Å². The largest absolute Gasteiger partial charge is 0.507 e. The molecule has 3 aliphatic rings. The van der Waals surface area contributed by atoms with Crippen LogP contribution in [0.2, 0.25) is 0 Å². The summed E-state index contributed by atoms with van der Waals surface area (Å²) in [6, 6.07) is 3.75. The summed E-state index contributed by atoms with van der Waals surface area (Å²) in [7, 11) is 1.34. The fourth-order valence-electron chi connectivity index (χ4n) is 5.66. The van der Waals surface area contributed by atoms with Gasteiger partial charge in [-0.05, 0) is 19.9 Å². The van der Waals surface area contributed by atoms with E-state index in [4.69, 9.17) is 19.9 Å². The van der Waals surface area contributed by atoms with Crippen molar-refractivity contribution in [1.82, 2.24) is 0 Å². The molecule has 202 valence electrons. The number of aliphatic hydroxyl groups excluding tert-OH is 1. The molecule has 0 unspecified atom stereocenters. The van der Waals surface area contributed by atoms with Crippen LogP contribution in [0, 0.1) is 0 Å². The number of nitrogens with two attached hydrogens (primary N) is 1. The summed E-state index contributed by atoms with van der Waals surface area (Å²) in [6.45, 7) is 2.79. The predicted molar refractivity (Wildman–Crippen MR) is 130 cm³/mol. The highest BCUT2D eigenvalue weighted by molar-refractivity contribution is 6.31. The van der Waals surface area contributed by atoms with Crippen molar-refractivity contribution in [1.29, 1.82) is 0 Å². The first-order valence-corrected chi connectivity index (χ1v) is 12.2. The number of aliphatic hydroxyl groups is 2. The molecular formula is C27H29NO10. The molecule has 6 atom stereocenters. The maximum atomic E-state index is 13.6. The van der Waals surface area contributed by atoms with E-state index in [2.05, 4.69) is 0 Å². The van der Waals surface area contributed by atoms with Crippen molar-refractivity contribution in [3.8, 4) is 17.2 Å². The van der Waals surface area contributed by atoms with E-state index in [1.807, 2.05) is 0 Å². The number of carbonyl (C=O) groups excluding carboxylic acids is 3. The fourth-order valence-corrected chi connectivity index (χ4v) is 5.66. The molecule has 1 saturated heterocycles. The zero-order valence-electron chi connectivity index (χ0n) is 21.1. The summed E-state index contributed by atoms with van der Waals surface area (Å²) < 4.78 is 17.1. The average molecular weight is 528 g/mol. The Morgan fingerprint density at radius 1 is 1.13 bits per heavy atom. The summed E-state index contributed by atoms with van der Waals surface area (Å²) in [5.41, 5.74) is 2.97. The number of phenols is 2. The Kier molecular flexibility index (Phi) is 6.32. The van der Waals surface area contributed by atoms with E-state index in [1.165, 1.54) is 32.2 Å². The van der Waals surface area contributed by atoms with Crippen LogP contribution in [0.4, 0.5) is 0 Å². The van der Waals surface area contributed by atoms with E-state index >= 15 is 0 Å². The van der Waals surface area contributed by atoms with Crippen molar-refractivity contribution < 1.29 is 49.0 Å². The van der Waals surface area contributed by atoms with Gasteiger partial charge in [0.25, 0.3) is 0 Å². The van der Waals surface area contributed by atoms with E-state index in [1.54, 1.807) is 6.92 Å². The van der Waals surface area contributed by atoms with E-state index in [0.29, 0.717) is 0 Å². The smallest absolute Gasteiger partial charge is 0.202 e. The molecule has 1 fully saturated rings. The summed E-state index contributed by atoms with van der Waals surface area (Å²) in [5, 5.41) is 44.1. The van der Waals surface area contributed by atoms with E-state index in [9.17, 15) is 34.8 Å². The molecule has 38 heavy (non-hydrogen) atoms. The van der Waals surface area contributed by atoms with Gasteiger partial charge in [-0.25, -0.2) is 0 Å². The molecule has 1 aliphatic heterocycles. The number of fused-ring (bicyclic) bond motifs is 3. The number of hydrogen-bond acceptors (Lipinski definition) is 11. The minimum atomic E-state index is -2.00. The second-order valence-corrected chi connectivity index (χ2v) is 10.1. The Morgan fingerprint density at radius 2 is 1.82 bits per heavy atom. The lowest BCUT2D eigenvalue weighted by Crippen LogP contribution is -2.52. The lowest BCUT2D eigenvalue weighted by Gasteiger charge is -2.42. The van der Waals surface area contributed by atoms with Crippen LogP contribution in [0.15, 0.2) is 18.2 Å². The van der Waals surface area contributed by atoms with Gasteiger partial charge in [0.15, 0.2) is 17.9 Å². The van der Waals surface area contributed by atoms with E-state index < -0.39 is 82.6 Å². The molecule has 11 nitrogen and oxygen atoms in total. The average Bonchev–Trinajstić information content (AvgIpc) is 2.87. The third-order valence-corrected chi connectivity index (χ3v) is 7.80. The molecule has 11 heteroatoms. The number of carbonyl (C=O) groups is 3. The van der Waals surface area contributed by atoms with Gasteiger partial charge in [0, 0.05) is 42.0 Å². The minimum absolute atomic E-state index is 0.0147. The molecule has 0 spiro atoms. The molecule has 0 radical (unpaired) electrons. The molecule has 1 heterocycles. The lowest BCUT2D eigenvalue weighted by molar-refractivity contribution is -0.247. The number of aromatic hydroxyl groups is 2. The lowest BCUT2D eigenvalue weighted by atomic mass is 9.72. The van der Waals surface area contributed by atoms with Gasteiger partial charge in [-0.1, -0.05) is 12.1 Å². The van der Waals surface area contributed by atoms with E-state index in [0.717, 1.165) is 0 Å². The first-order chi connectivity index (χ1) is 17.9. The Hall–Kier alpha value is -3.35. The van der Waals surface area contributed by atoms with Gasteiger partial charge in [-0.2, -0.15) is 0 Å². The molecule has 0 aromatic heterocycles. The Labute approximate surface area is 217 Å². The Balaban J connectivity index is 1.68. The molecule has 0 saturated carbocycles. The number of Topliss-reactive ketones (excluding diaryl/α,β-unsaturated/α-hetero) is 1. The zero-order valence-corrected chi connectivity index (χ0v) is 21.1. The van der Waals surface area contributed by atoms with Crippen molar-refractivity contribution in [2.24, 2.45) is 5.73 Å². The summed E-state index contributed by atoms with van der Waals surface area (Å²) in [5.74, 6) is -3.18. The molecule has 0 amide bonds. The molecule has 5 rings (SSSR count). The van der Waals surface area contributed by atoms with Crippen molar-refractivity contribution in [2.45, 2.75) is 69.4 Å². The van der Waals surface area contributed by atoms with E-state index in [-0.39, 0.29) is 40.8 Å². The Bertz CT molecular complexity index is 1360. The van der Waals surface area contributed by atoms with Gasteiger partial charge in [-0.3, -0.25) is 14.4 Å². The summed E-state index contributed by atoms with van der Waals surface area (Å²) >= 11 is 0. The summed E-state index contributed by atoms with van der Waals surface area (Å²) in [6.07, 6.45) is -4.53. The van der Waals surface area contributed by atoms with Gasteiger partial charge in [-0.15, -0.1) is 0 Å². The summed E-state index contributed by atoms with van der Waals surface area (Å²) in [4.78, 5) is 39.6. The third-order valence-electron chi connectivity index (χ3n) is 7.80. The Morgan fingerprint density at radius 3 is 2.45 bits per heavy atom. The number of ether oxygens (including phenoxy) is 3. The second-order valence-electron chi connectivity index (χ2n) is 10.1. The molecule has 6 N–H and O–H groups in total. The highest BCUT2D eigenvalue weighted by Crippen LogP contribution is 2.52. The van der Waals surface area contributed by atoms with Gasteiger partial charge in [0.05, 0.1) is 42.1 Å². The van der Waals surface area contributed by atoms with Gasteiger partial charge in [0.2, 0.25) is 5.78 Å². The van der Waals surface area contributed by atoms with Gasteiger partial charge < -0.3 is 40.4 Å². The van der Waals surface area contributed by atoms with Crippen LogP contribution in [0.5, 0.6) is 17.2 Å². The van der Waals surface area contributed by atoms with Crippen LogP contribution >= 0.6 is 0 Å². The standard InChI is InChI=1S/C27H29NO10/c1-10-22(30)14(28)7-17(37-10)38-16-9-27(35,11(2)29)8-13-19(16)26(34)21-20(24(13)32)23(31)12-5-4-6-15(36-3)18(12)25(21)33/h4-6,10,14,16-17,22,30,32,34-35H,7-9,28H2,1-3H3/t10-,14-,16+,17-,22+,27+/m1/s1. The van der Waals surface area contributed by atoms with Crippen LogP contribution in [0.25, 0.3) is 0 Å². The third kappa shape index (κ3) is 3.81. The number of benzene rings is 2. The van der Waals surface area contributed by atoms with Crippen LogP contribution in [0.3, 0.4) is 0 Å². The number of rotatable bonds is 4. The molecular weight excluding hydrogens is 498 g/mol. The highest BCUT2D eigenvalue weighted by atomic mass is 16.7. The highest BCUT2D eigenvalue weighted by Gasteiger charge is 2.49. The van der Waals surface area contributed by atoms with Crippen LogP contribution < -0.4 is 10.5 Å². The number of ketones is 3. The van der Waals surface area contributed by atoms with Crippen molar-refractivity contribution >= 4 is 17.3 Å². The predicted octanol–water partition coefficient (Wildman–Crippen LogP) is 1.03. The minimum Gasteiger partial charge on any atom is -0.507 e. The second kappa shape index (κ2) is 9.14. The number of methoxy groups -OCH3 is 1.